The Hall–Kier alpha value is -0.970. The number of aliphatic hydroxyl groups is 2. The number of halogens is 1. The maximum absolute atomic E-state index is 12.2. The van der Waals surface area contributed by atoms with Crippen LogP contribution in [0.5, 0.6) is 0 Å². The highest BCUT2D eigenvalue weighted by atomic mass is 127. The maximum Gasteiger partial charge on any atom is 0.328 e. The molecule has 0 saturated carbocycles. The van der Waals surface area contributed by atoms with Crippen LogP contribution in [0.2, 0.25) is 0 Å². The molecule has 26 heavy (non-hydrogen) atoms. The second-order valence-corrected chi connectivity index (χ2v) is 9.04. The fraction of sp³-hybridized carbons (Fsp3) is 0.667. The van der Waals surface area contributed by atoms with Crippen LogP contribution >= 0.6 is 22.6 Å². The Morgan fingerprint density at radius 1 is 1.35 bits per heavy atom. The number of aliphatic hydroxyl groups excluding tert-OH is 2. The summed E-state index contributed by atoms with van der Waals surface area (Å²) in [5, 5.41) is 20.9. The number of aryl methyl sites for hydroxylation is 1. The minimum atomic E-state index is -1.22. The topological polar surface area (TPSA) is 105 Å². The molecular formula is C18H27IN2O5. The highest BCUT2D eigenvalue weighted by Crippen LogP contribution is 2.40. The highest BCUT2D eigenvalue weighted by Gasteiger charge is 2.46. The van der Waals surface area contributed by atoms with Crippen LogP contribution in [0, 0.1) is 0 Å². The summed E-state index contributed by atoms with van der Waals surface area (Å²) in [4.78, 5) is 26.4. The van der Waals surface area contributed by atoms with E-state index in [2.05, 4.69) is 48.0 Å². The van der Waals surface area contributed by atoms with Crippen LogP contribution in [-0.2, 0) is 11.3 Å². The second kappa shape index (κ2) is 8.81. The molecule has 2 heterocycles. The van der Waals surface area contributed by atoms with Gasteiger partial charge >= 0.3 is 5.69 Å². The molecule has 0 spiro atoms. The monoisotopic (exact) mass is 478 g/mol. The predicted octanol–water partition coefficient (Wildman–Crippen LogP) is 1.66. The lowest BCUT2D eigenvalue weighted by Gasteiger charge is -2.28. The normalized spacial score (nSPS) is 26.2. The summed E-state index contributed by atoms with van der Waals surface area (Å²) < 4.78 is 7.20. The number of nitrogens with one attached hydrogen (secondary N) is 1. The van der Waals surface area contributed by atoms with Gasteiger partial charge in [-0.2, -0.15) is 0 Å². The zero-order valence-corrected chi connectivity index (χ0v) is 17.3. The lowest BCUT2D eigenvalue weighted by Crippen LogP contribution is -2.36. The number of aromatic nitrogens is 2. The van der Waals surface area contributed by atoms with Gasteiger partial charge in [-0.25, -0.2) is 4.79 Å². The molecular weight excluding hydrogens is 451 g/mol. The molecule has 3 N–H and O–H groups in total. The molecule has 1 unspecified atom stereocenters. The van der Waals surface area contributed by atoms with Gasteiger partial charge in [0.1, 0.15) is 18.3 Å². The number of allylic oxidation sites excluding steroid dienone is 1. The zero-order valence-electron chi connectivity index (χ0n) is 15.2. The van der Waals surface area contributed by atoms with Crippen molar-refractivity contribution in [3.05, 3.63) is 45.3 Å². The maximum atomic E-state index is 12.2. The molecule has 1 fully saturated rings. The van der Waals surface area contributed by atoms with Gasteiger partial charge in [-0.3, -0.25) is 14.3 Å². The molecule has 1 aromatic rings. The van der Waals surface area contributed by atoms with Crippen LogP contribution in [0.25, 0.3) is 0 Å². The molecule has 0 aromatic carbocycles. The van der Waals surface area contributed by atoms with E-state index in [4.69, 9.17) is 4.74 Å². The molecule has 0 aliphatic carbocycles. The number of rotatable bonds is 8. The third kappa shape index (κ3) is 4.47. The van der Waals surface area contributed by atoms with Gasteiger partial charge in [-0.1, -0.05) is 42.5 Å². The highest BCUT2D eigenvalue weighted by molar-refractivity contribution is 14.1. The molecule has 0 radical (unpaired) electrons. The van der Waals surface area contributed by atoms with Crippen LogP contribution in [0.1, 0.15) is 51.2 Å². The Balaban J connectivity index is 2.30. The van der Waals surface area contributed by atoms with E-state index in [9.17, 15) is 19.8 Å². The number of hydrogen-bond acceptors (Lipinski definition) is 5. The largest absolute Gasteiger partial charge is 0.388 e. The fourth-order valence-electron chi connectivity index (χ4n) is 3.20. The first-order valence-electron chi connectivity index (χ1n) is 8.91. The lowest BCUT2D eigenvalue weighted by atomic mass is 9.92. The van der Waals surface area contributed by atoms with Crippen LogP contribution in [0.4, 0.5) is 0 Å². The first-order chi connectivity index (χ1) is 12.3. The van der Waals surface area contributed by atoms with Gasteiger partial charge in [0.15, 0.2) is 0 Å². The van der Waals surface area contributed by atoms with Gasteiger partial charge in [-0.05, 0) is 25.7 Å². The van der Waals surface area contributed by atoms with E-state index < -0.39 is 35.7 Å². The molecule has 0 bridgehead atoms. The van der Waals surface area contributed by atoms with Gasteiger partial charge in [0, 0.05) is 16.2 Å². The number of alkyl halides is 1. The van der Waals surface area contributed by atoms with Gasteiger partial charge in [-0.15, -0.1) is 6.58 Å². The zero-order chi connectivity index (χ0) is 19.5. The van der Waals surface area contributed by atoms with Crippen LogP contribution in [0.15, 0.2) is 28.4 Å². The van der Waals surface area contributed by atoms with E-state index in [0.29, 0.717) is 19.4 Å². The van der Waals surface area contributed by atoms with Crippen LogP contribution in [-0.4, -0.2) is 41.5 Å². The third-order valence-electron chi connectivity index (χ3n) is 5.12. The Morgan fingerprint density at radius 2 is 2.00 bits per heavy atom. The van der Waals surface area contributed by atoms with Crippen molar-refractivity contribution < 1.29 is 14.9 Å². The Labute approximate surface area is 166 Å². The van der Waals surface area contributed by atoms with Crippen molar-refractivity contribution in [3.8, 4) is 0 Å². The third-order valence-corrected chi connectivity index (χ3v) is 7.08. The molecule has 1 aliphatic heterocycles. The summed E-state index contributed by atoms with van der Waals surface area (Å²) in [6.07, 6.45) is 2.19. The molecule has 146 valence electrons. The van der Waals surface area contributed by atoms with E-state index >= 15 is 0 Å². The van der Waals surface area contributed by atoms with Crippen molar-refractivity contribution in [2.24, 2.45) is 0 Å². The molecule has 1 aromatic heterocycles. The first-order valence-corrected chi connectivity index (χ1v) is 9.99. The molecule has 4 atom stereocenters. The number of H-pyrrole nitrogens is 1. The number of aromatic amines is 1. The van der Waals surface area contributed by atoms with Crippen molar-refractivity contribution in [2.75, 3.05) is 0 Å². The molecule has 7 nitrogen and oxygen atoms in total. The van der Waals surface area contributed by atoms with E-state index in [1.165, 1.54) is 10.8 Å². The van der Waals surface area contributed by atoms with E-state index in [1.54, 1.807) is 6.08 Å². The Morgan fingerprint density at radius 3 is 2.58 bits per heavy atom. The summed E-state index contributed by atoms with van der Waals surface area (Å²) in [5.74, 6) is 0. The summed E-state index contributed by atoms with van der Waals surface area (Å²) in [5.41, 5.74) is -0.975. The minimum Gasteiger partial charge on any atom is -0.388 e. The summed E-state index contributed by atoms with van der Waals surface area (Å²) in [7, 11) is 0. The second-order valence-electron chi connectivity index (χ2n) is 6.75. The molecule has 1 aliphatic rings. The summed E-state index contributed by atoms with van der Waals surface area (Å²) in [6.45, 7) is 8.13. The smallest absolute Gasteiger partial charge is 0.328 e. The molecule has 2 rings (SSSR count). The summed E-state index contributed by atoms with van der Waals surface area (Å²) >= 11 is 2.37. The Kier molecular flexibility index (Phi) is 7.23. The number of hydrogen-bond donors (Lipinski definition) is 3. The van der Waals surface area contributed by atoms with Gasteiger partial charge in [0.25, 0.3) is 5.56 Å². The van der Waals surface area contributed by atoms with Gasteiger partial charge in [0.2, 0.25) is 0 Å². The summed E-state index contributed by atoms with van der Waals surface area (Å²) in [6, 6.07) is 0. The van der Waals surface area contributed by atoms with Crippen LogP contribution < -0.4 is 11.2 Å². The van der Waals surface area contributed by atoms with E-state index in [0.717, 1.165) is 12.8 Å². The fourth-order valence-corrected chi connectivity index (χ4v) is 3.63. The first kappa shape index (κ1) is 21.3. The molecule has 1 saturated heterocycles. The average molecular weight is 478 g/mol. The van der Waals surface area contributed by atoms with Crippen molar-refractivity contribution in [2.45, 2.75) is 73.9 Å². The van der Waals surface area contributed by atoms with Crippen molar-refractivity contribution in [1.29, 1.82) is 0 Å². The average Bonchev–Trinajstić information content (AvgIpc) is 2.89. The van der Waals surface area contributed by atoms with Crippen molar-refractivity contribution >= 4 is 22.6 Å². The van der Waals surface area contributed by atoms with Crippen molar-refractivity contribution in [3.63, 3.8) is 0 Å². The van der Waals surface area contributed by atoms with Crippen LogP contribution in [0.3, 0.4) is 0 Å². The lowest BCUT2D eigenvalue weighted by molar-refractivity contribution is -0.00273. The molecule has 8 heteroatoms. The SMILES string of the molecule is C=CCCn1cc(C2O[C@H](CC(I)(CC)CC)[C@@H](O)[C@H]2O)c(=O)[nH]c1=O. The molecule has 0 amide bonds. The standard InChI is InChI=1S/C18H27IN2O5/c1-4-7-8-21-10-11(16(24)20-17(21)25)15-14(23)13(22)12(26-15)9-18(19,5-2)6-3/h4,10,12-15,22-23H,1,5-9H2,2-3H3,(H,20,24,25)/t12-,13-,14-,15?/m1/s1. The van der Waals surface area contributed by atoms with Gasteiger partial charge < -0.3 is 14.9 Å². The Bertz CT molecular complexity index is 740. The minimum absolute atomic E-state index is 0.0484. The van der Waals surface area contributed by atoms with E-state index in [1.807, 2.05) is 0 Å². The van der Waals surface area contributed by atoms with E-state index in [-0.39, 0.29) is 8.99 Å². The predicted molar refractivity (Wildman–Crippen MR) is 108 cm³/mol. The number of ether oxygens (including phenoxy) is 1. The number of nitrogens with zero attached hydrogens (tertiary/aromatic N) is 1. The van der Waals surface area contributed by atoms with Crippen molar-refractivity contribution in [1.82, 2.24) is 9.55 Å². The van der Waals surface area contributed by atoms with Gasteiger partial charge in [0.05, 0.1) is 11.7 Å². The quantitative estimate of drug-likeness (QED) is 0.300.